The van der Waals surface area contributed by atoms with Crippen molar-refractivity contribution in [3.05, 3.63) is 46.8 Å². The normalized spacial score (nSPS) is 10.1. The number of aromatic nitrogens is 1. The Morgan fingerprint density at radius 3 is 2.88 bits per heavy atom. The van der Waals surface area contributed by atoms with E-state index in [1.165, 1.54) is 12.3 Å². The van der Waals surface area contributed by atoms with Gasteiger partial charge in [-0.15, -0.1) is 0 Å². The van der Waals surface area contributed by atoms with Crippen molar-refractivity contribution in [2.45, 2.75) is 6.92 Å². The summed E-state index contributed by atoms with van der Waals surface area (Å²) in [6, 6.07) is 6.73. The molecule has 0 saturated heterocycles. The minimum atomic E-state index is -0.331. The van der Waals surface area contributed by atoms with E-state index in [4.69, 9.17) is 16.1 Å². The van der Waals surface area contributed by atoms with Gasteiger partial charge >= 0.3 is 0 Å². The van der Waals surface area contributed by atoms with Gasteiger partial charge in [0.15, 0.2) is 0 Å². The first kappa shape index (κ1) is 10.7. The van der Waals surface area contributed by atoms with Crippen molar-refractivity contribution in [3.63, 3.8) is 0 Å². The zero-order valence-corrected chi connectivity index (χ0v) is 9.28. The molecule has 2 aromatic rings. The molecule has 1 heterocycles. The highest BCUT2D eigenvalue weighted by Gasteiger charge is 2.10. The smallest absolute Gasteiger partial charge is 0.294 e. The van der Waals surface area contributed by atoms with E-state index in [1.807, 2.05) is 6.92 Å². The van der Waals surface area contributed by atoms with E-state index in [1.54, 1.807) is 18.2 Å². The van der Waals surface area contributed by atoms with Gasteiger partial charge in [-0.3, -0.25) is 4.79 Å². The summed E-state index contributed by atoms with van der Waals surface area (Å²) in [4.78, 5) is 11.6. The van der Waals surface area contributed by atoms with E-state index in [-0.39, 0.29) is 11.7 Å². The molecular weight excluding hydrogens is 228 g/mol. The van der Waals surface area contributed by atoms with Crippen molar-refractivity contribution in [1.82, 2.24) is 5.16 Å². The van der Waals surface area contributed by atoms with Crippen LogP contribution in [-0.4, -0.2) is 11.1 Å². The van der Waals surface area contributed by atoms with Gasteiger partial charge in [0.1, 0.15) is 0 Å². The summed E-state index contributed by atoms with van der Waals surface area (Å²) < 4.78 is 4.74. The van der Waals surface area contributed by atoms with Crippen LogP contribution >= 0.6 is 11.6 Å². The van der Waals surface area contributed by atoms with Crippen LogP contribution < -0.4 is 5.32 Å². The summed E-state index contributed by atoms with van der Waals surface area (Å²) in [5.41, 5.74) is 1.59. The molecule has 5 heteroatoms. The molecule has 0 spiro atoms. The van der Waals surface area contributed by atoms with E-state index < -0.39 is 0 Å². The lowest BCUT2D eigenvalue weighted by molar-refractivity contribution is 0.0988. The Morgan fingerprint density at radius 1 is 1.44 bits per heavy atom. The van der Waals surface area contributed by atoms with E-state index in [0.29, 0.717) is 10.7 Å². The topological polar surface area (TPSA) is 55.1 Å². The van der Waals surface area contributed by atoms with Crippen LogP contribution in [-0.2, 0) is 0 Å². The zero-order valence-electron chi connectivity index (χ0n) is 8.53. The SMILES string of the molecule is Cc1cc(Cl)ccc1NC(=O)c1ccno1. The zero-order chi connectivity index (χ0) is 11.5. The number of anilines is 1. The molecule has 16 heavy (non-hydrogen) atoms. The molecule has 0 aliphatic rings. The van der Waals surface area contributed by atoms with Crippen LogP contribution in [0.15, 0.2) is 35.0 Å². The minimum absolute atomic E-state index is 0.175. The van der Waals surface area contributed by atoms with Gasteiger partial charge in [0.05, 0.1) is 6.20 Å². The second-order valence-corrected chi connectivity index (χ2v) is 3.73. The molecule has 0 atom stereocenters. The number of hydrogen-bond acceptors (Lipinski definition) is 3. The van der Waals surface area contributed by atoms with Crippen LogP contribution in [0.4, 0.5) is 5.69 Å². The number of rotatable bonds is 2. The summed E-state index contributed by atoms with van der Waals surface area (Å²) in [6.07, 6.45) is 1.42. The Bertz CT molecular complexity index is 509. The Morgan fingerprint density at radius 2 is 2.25 bits per heavy atom. The molecule has 0 unspecified atom stereocenters. The van der Waals surface area contributed by atoms with Crippen molar-refractivity contribution in [2.75, 3.05) is 5.32 Å². The lowest BCUT2D eigenvalue weighted by Crippen LogP contribution is -2.11. The molecule has 0 aliphatic carbocycles. The summed E-state index contributed by atoms with van der Waals surface area (Å²) >= 11 is 5.81. The molecule has 0 aliphatic heterocycles. The molecule has 4 nitrogen and oxygen atoms in total. The number of carbonyl (C=O) groups excluding carboxylic acids is 1. The number of carbonyl (C=O) groups is 1. The lowest BCUT2D eigenvalue weighted by Gasteiger charge is -2.06. The van der Waals surface area contributed by atoms with E-state index in [9.17, 15) is 4.79 Å². The van der Waals surface area contributed by atoms with Gasteiger partial charge in [-0.1, -0.05) is 16.8 Å². The number of benzene rings is 1. The Hall–Kier alpha value is -1.81. The van der Waals surface area contributed by atoms with Gasteiger partial charge in [0.2, 0.25) is 5.76 Å². The summed E-state index contributed by atoms with van der Waals surface area (Å²) in [5, 5.41) is 6.81. The second-order valence-electron chi connectivity index (χ2n) is 3.29. The summed E-state index contributed by atoms with van der Waals surface area (Å²) in [7, 11) is 0. The molecule has 0 radical (unpaired) electrons. The number of aryl methyl sites for hydroxylation is 1. The fourth-order valence-electron chi connectivity index (χ4n) is 1.28. The van der Waals surface area contributed by atoms with Crippen LogP contribution in [0.3, 0.4) is 0 Å². The first-order valence-corrected chi connectivity index (χ1v) is 5.03. The third-order valence-corrected chi connectivity index (χ3v) is 2.33. The number of nitrogens with one attached hydrogen (secondary N) is 1. The number of amides is 1. The van der Waals surface area contributed by atoms with Crippen molar-refractivity contribution >= 4 is 23.2 Å². The van der Waals surface area contributed by atoms with Crippen LogP contribution in [0.1, 0.15) is 16.1 Å². The van der Waals surface area contributed by atoms with E-state index in [0.717, 1.165) is 5.56 Å². The molecule has 0 fully saturated rings. The maximum absolute atomic E-state index is 11.6. The molecule has 1 aromatic heterocycles. The van der Waals surface area contributed by atoms with Gasteiger partial charge < -0.3 is 9.84 Å². The molecule has 0 saturated carbocycles. The van der Waals surface area contributed by atoms with Crippen molar-refractivity contribution in [2.24, 2.45) is 0 Å². The average molecular weight is 237 g/mol. The minimum Gasteiger partial charge on any atom is -0.351 e. The Balaban J connectivity index is 2.18. The van der Waals surface area contributed by atoms with Crippen LogP contribution in [0.5, 0.6) is 0 Å². The predicted octanol–water partition coefficient (Wildman–Crippen LogP) is 2.89. The number of nitrogens with zero attached hydrogens (tertiary/aromatic N) is 1. The van der Waals surface area contributed by atoms with Crippen LogP contribution in [0.25, 0.3) is 0 Å². The third-order valence-electron chi connectivity index (χ3n) is 2.10. The quantitative estimate of drug-likeness (QED) is 0.872. The summed E-state index contributed by atoms with van der Waals surface area (Å²) in [6.45, 7) is 1.86. The van der Waals surface area contributed by atoms with Crippen molar-refractivity contribution in [1.29, 1.82) is 0 Å². The van der Waals surface area contributed by atoms with Crippen LogP contribution in [0.2, 0.25) is 5.02 Å². The molecule has 0 bridgehead atoms. The lowest BCUT2D eigenvalue weighted by atomic mass is 10.2. The fraction of sp³-hybridized carbons (Fsp3) is 0.0909. The number of hydrogen-bond donors (Lipinski definition) is 1. The Labute approximate surface area is 97.2 Å². The maximum Gasteiger partial charge on any atom is 0.294 e. The highest BCUT2D eigenvalue weighted by atomic mass is 35.5. The molecular formula is C11H9ClN2O2. The van der Waals surface area contributed by atoms with Crippen LogP contribution in [0, 0.1) is 6.92 Å². The second kappa shape index (κ2) is 4.37. The van der Waals surface area contributed by atoms with E-state index in [2.05, 4.69) is 10.5 Å². The summed E-state index contributed by atoms with van der Waals surface area (Å²) in [5.74, 6) is -0.155. The predicted molar refractivity (Wildman–Crippen MR) is 60.6 cm³/mol. The van der Waals surface area contributed by atoms with Gasteiger partial charge in [0, 0.05) is 16.8 Å². The first-order chi connectivity index (χ1) is 7.66. The molecule has 1 aromatic carbocycles. The monoisotopic (exact) mass is 236 g/mol. The highest BCUT2D eigenvalue weighted by molar-refractivity contribution is 6.30. The number of halogens is 1. The molecule has 1 amide bonds. The standard InChI is InChI=1S/C11H9ClN2O2/c1-7-6-8(12)2-3-9(7)14-11(15)10-4-5-13-16-10/h2-6H,1H3,(H,14,15). The average Bonchev–Trinajstić information content (AvgIpc) is 2.75. The van der Waals surface area contributed by atoms with Gasteiger partial charge in [-0.25, -0.2) is 0 Å². The largest absolute Gasteiger partial charge is 0.351 e. The van der Waals surface area contributed by atoms with Gasteiger partial charge in [-0.05, 0) is 30.7 Å². The Kier molecular flexibility index (Phi) is 2.92. The van der Waals surface area contributed by atoms with Gasteiger partial charge in [0.25, 0.3) is 5.91 Å². The molecule has 1 N–H and O–H groups in total. The van der Waals surface area contributed by atoms with Gasteiger partial charge in [-0.2, -0.15) is 0 Å². The highest BCUT2D eigenvalue weighted by Crippen LogP contribution is 2.20. The molecule has 2 rings (SSSR count). The third kappa shape index (κ3) is 2.23. The van der Waals surface area contributed by atoms with Crippen molar-refractivity contribution in [3.8, 4) is 0 Å². The molecule has 82 valence electrons. The van der Waals surface area contributed by atoms with E-state index >= 15 is 0 Å². The van der Waals surface area contributed by atoms with Crippen molar-refractivity contribution < 1.29 is 9.32 Å². The maximum atomic E-state index is 11.6. The first-order valence-electron chi connectivity index (χ1n) is 4.65. The fourth-order valence-corrected chi connectivity index (χ4v) is 1.51.